The number of aromatic hydroxyl groups is 1. The maximum absolute atomic E-state index is 12.9. The van der Waals surface area contributed by atoms with Crippen LogP contribution >= 0.6 is 63.7 Å². The summed E-state index contributed by atoms with van der Waals surface area (Å²) in [6.07, 6.45) is 0. The maximum atomic E-state index is 12.9. The Morgan fingerprint density at radius 1 is 0.391 bits per heavy atom. The summed E-state index contributed by atoms with van der Waals surface area (Å²) in [5.74, 6) is -3.56. The summed E-state index contributed by atoms with van der Waals surface area (Å²) in [7, 11) is -18.6. The number of piperazine rings is 5. The van der Waals surface area contributed by atoms with Gasteiger partial charge in [0.05, 0.1) is 73.3 Å². The molecule has 3 N–H and O–H groups in total. The normalized spacial score (nSPS) is 17.3. The highest BCUT2D eigenvalue weighted by Crippen LogP contribution is 2.37. The summed E-state index contributed by atoms with van der Waals surface area (Å²) in [6.45, 7) is 28.5. The molecule has 0 bridgehead atoms. The predicted octanol–water partition coefficient (Wildman–Crippen LogP) is 9.34. The molecular weight excluding hydrogens is 2100 g/mol. The minimum atomic E-state index is -3.72. The van der Waals surface area contributed by atoms with E-state index in [0.29, 0.717) is 57.3 Å². The first kappa shape index (κ1) is 110. The molecule has 1 unspecified atom stereocenters. The summed E-state index contributed by atoms with van der Waals surface area (Å²) < 4.78 is 159. The second kappa shape index (κ2) is 46.3. The molecule has 6 heterocycles. The quantitative estimate of drug-likeness (QED) is 0.0501. The second-order valence-electron chi connectivity index (χ2n) is 36.0. The Morgan fingerprint density at radius 3 is 0.955 bits per heavy atom. The number of phenols is 1. The van der Waals surface area contributed by atoms with Crippen LogP contribution in [0.2, 0.25) is 0 Å². The number of amides is 8. The van der Waals surface area contributed by atoms with Crippen molar-refractivity contribution in [2.45, 2.75) is 137 Å². The molecule has 44 heteroatoms. The minimum absolute atomic E-state index is 0.0284. The van der Waals surface area contributed by atoms with Gasteiger partial charge in [-0.05, 0) is 172 Å². The zero-order valence-electron chi connectivity index (χ0n) is 76.1. The number of sulfone groups is 5. The molecule has 13 rings (SSSR count). The lowest BCUT2D eigenvalue weighted by Crippen LogP contribution is -2.55. The molecule has 6 fully saturated rings. The monoisotopic (exact) mass is 2210 g/mol. The van der Waals surface area contributed by atoms with Gasteiger partial charge in [-0.1, -0.05) is 168 Å². The number of nitrogens with zero attached hydrogens (tertiary/aromatic N) is 9. The van der Waals surface area contributed by atoms with Crippen LogP contribution in [0, 0.1) is 16.2 Å². The predicted molar refractivity (Wildman–Crippen MR) is 517 cm³/mol. The molecule has 0 spiro atoms. The molecule has 0 saturated carbocycles. The number of nitrogens with one attached hydrogen (secondary N) is 1. The van der Waals surface area contributed by atoms with Gasteiger partial charge in [0.1, 0.15) is 35.1 Å². The van der Waals surface area contributed by atoms with E-state index in [4.69, 9.17) is 13.9 Å². The average molecular weight is 2210 g/mol. The third-order valence-corrected chi connectivity index (χ3v) is 32.7. The lowest BCUT2D eigenvalue weighted by Gasteiger charge is -2.36. The summed E-state index contributed by atoms with van der Waals surface area (Å²) in [6, 6.07) is 47.3. The van der Waals surface area contributed by atoms with Gasteiger partial charge in [-0.3, -0.25) is 43.3 Å². The Morgan fingerprint density at radius 2 is 0.669 bits per heavy atom. The summed E-state index contributed by atoms with van der Waals surface area (Å²) in [4.78, 5) is 112. The van der Waals surface area contributed by atoms with Gasteiger partial charge in [0.2, 0.25) is 47.3 Å². The van der Waals surface area contributed by atoms with Crippen molar-refractivity contribution in [2.24, 2.45) is 16.2 Å². The van der Waals surface area contributed by atoms with Crippen molar-refractivity contribution in [3.63, 3.8) is 0 Å². The molecule has 6 saturated heterocycles. The van der Waals surface area contributed by atoms with Crippen molar-refractivity contribution in [1.29, 1.82) is 0 Å². The SMILES string of the molecule is CC(C)(C)C(=O)N1CCN(CS(=O)(=O)c2ccc(B3OC(C)(C)C(C)(C)O3)cc2)C(=O)C1.CC(C)(C)C(=O)N1CCN(CS(=O)(=O)c2ccc(Br)cc2)C(=O)C1.CC(C)(C)C(=O)N1CCN(CS(=O)(=O)c2ccc(O)cc2)C(=O)C1.O=C1CN(Cc2ccccc2)CCN1CS(=O)(=O)c1ccc(Br)cc1.O=C1CNCCN1CS(=O)(=O)c1ccc(Br)cc1.O=S(O)c1ccc(Br)cc1. The zero-order chi connectivity index (χ0) is 99.0. The Hall–Kier alpha value is -8.22. The molecule has 33 nitrogen and oxygen atoms in total. The fraction of sp³-hybridized carbons (Fsp3) is 0.438. The molecule has 133 heavy (non-hydrogen) atoms. The van der Waals surface area contributed by atoms with Crippen molar-refractivity contribution in [2.75, 3.05) is 128 Å². The van der Waals surface area contributed by atoms with Crippen LogP contribution in [0.1, 0.15) is 95.6 Å². The number of carbonyl (C=O) groups is 8. The van der Waals surface area contributed by atoms with Gasteiger partial charge in [0.25, 0.3) is 0 Å². The zero-order valence-corrected chi connectivity index (χ0v) is 87.4. The van der Waals surface area contributed by atoms with Crippen molar-refractivity contribution in [1.82, 2.24) is 49.4 Å². The van der Waals surface area contributed by atoms with Gasteiger partial charge in [0, 0.05) is 106 Å². The third-order valence-electron chi connectivity index (χ3n) is 21.7. The van der Waals surface area contributed by atoms with E-state index in [1.807, 2.05) is 62.9 Å². The van der Waals surface area contributed by atoms with Gasteiger partial charge in [0.15, 0.2) is 60.3 Å². The van der Waals surface area contributed by atoms with Crippen molar-refractivity contribution in [3.05, 3.63) is 199 Å². The Labute approximate surface area is 815 Å². The number of carbonyl (C=O) groups excluding carboxylic acids is 8. The van der Waals surface area contributed by atoms with E-state index in [1.165, 1.54) is 99.9 Å². The van der Waals surface area contributed by atoms with E-state index in [9.17, 15) is 89.8 Å². The van der Waals surface area contributed by atoms with E-state index >= 15 is 0 Å². The first-order valence-corrected chi connectivity index (χ1v) is 54.5. The topological polar surface area (TPSA) is 424 Å². The van der Waals surface area contributed by atoms with Gasteiger partial charge >= 0.3 is 7.12 Å². The highest BCUT2D eigenvalue weighted by molar-refractivity contribution is 9.11. The molecule has 1 atom stereocenters. The summed E-state index contributed by atoms with van der Waals surface area (Å²) >= 11 is 11.2. The van der Waals surface area contributed by atoms with Crippen LogP contribution in [-0.4, -0.2) is 293 Å². The molecule has 0 aromatic heterocycles. The summed E-state index contributed by atoms with van der Waals surface area (Å²) in [5, 5.41) is 12.1. The smallest absolute Gasteiger partial charge is 0.494 e. The molecule has 6 aliphatic heterocycles. The number of rotatable bonds is 19. The number of hydrogen-bond acceptors (Lipinski definition) is 24. The molecule has 0 aliphatic carbocycles. The number of phenolic OH excluding ortho intramolecular Hbond substituents is 1. The Bertz CT molecular complexity index is 5780. The largest absolute Gasteiger partial charge is 0.508 e. The highest BCUT2D eigenvalue weighted by Gasteiger charge is 2.52. The van der Waals surface area contributed by atoms with Crippen LogP contribution in [0.3, 0.4) is 0 Å². The number of hydrogen-bond donors (Lipinski definition) is 3. The first-order valence-electron chi connectivity index (χ1n) is 41.9. The first-order chi connectivity index (χ1) is 61.7. The van der Waals surface area contributed by atoms with Crippen LogP contribution in [0.4, 0.5) is 0 Å². The summed E-state index contributed by atoms with van der Waals surface area (Å²) in [5.41, 5.74) is -0.835. The lowest BCUT2D eigenvalue weighted by molar-refractivity contribution is -0.149. The van der Waals surface area contributed by atoms with E-state index in [2.05, 4.69) is 69.0 Å². The van der Waals surface area contributed by atoms with E-state index in [1.54, 1.807) is 147 Å². The second-order valence-corrected chi connectivity index (χ2v) is 50.5. The average Bonchev–Trinajstić information content (AvgIpc) is 1.62. The number of halogens is 4. The van der Waals surface area contributed by atoms with Crippen molar-refractivity contribution >= 4 is 184 Å². The van der Waals surface area contributed by atoms with Crippen LogP contribution < -0.4 is 10.8 Å². The molecular formula is C89H113BBr4N10O23S6. The number of benzene rings is 7. The molecule has 7 aromatic carbocycles. The van der Waals surface area contributed by atoms with Crippen molar-refractivity contribution < 1.29 is 104 Å². The van der Waals surface area contributed by atoms with Crippen LogP contribution in [0.25, 0.3) is 0 Å². The van der Waals surface area contributed by atoms with E-state index in [-0.39, 0.29) is 147 Å². The van der Waals surface area contributed by atoms with Gasteiger partial charge in [-0.25, -0.2) is 46.3 Å². The van der Waals surface area contributed by atoms with Gasteiger partial charge in [-0.2, -0.15) is 0 Å². The third kappa shape index (κ3) is 32.2. The van der Waals surface area contributed by atoms with Crippen molar-refractivity contribution in [3.8, 4) is 5.75 Å². The van der Waals surface area contributed by atoms with Crippen LogP contribution in [-0.2, 0) is 114 Å². The van der Waals surface area contributed by atoms with Gasteiger partial charge < -0.3 is 63.5 Å². The molecule has 724 valence electrons. The molecule has 7 aromatic rings. The molecule has 8 amide bonds. The maximum Gasteiger partial charge on any atom is 0.494 e. The van der Waals surface area contributed by atoms with Gasteiger partial charge in [-0.15, -0.1) is 0 Å². The molecule has 6 aliphatic rings. The van der Waals surface area contributed by atoms with Crippen LogP contribution in [0.15, 0.2) is 223 Å². The Kier molecular flexibility index (Phi) is 38.3. The Balaban J connectivity index is 0.000000201. The minimum Gasteiger partial charge on any atom is -0.508 e. The van der Waals surface area contributed by atoms with Crippen LogP contribution in [0.5, 0.6) is 5.75 Å². The lowest BCUT2D eigenvalue weighted by atomic mass is 9.79. The highest BCUT2D eigenvalue weighted by atomic mass is 79.9. The fourth-order valence-corrected chi connectivity index (χ4v) is 21.8. The van der Waals surface area contributed by atoms with E-state index in [0.717, 1.165) is 28.9 Å². The standard InChI is InChI=1S/C22H33BN2O6S.C18H19BrN2O3S.C16H21BrN2O4S.C16H22N2O5S.C11H13BrN2O3S.C6H5BrO2S/c1-20(2,3)19(27)24-12-13-25(18(26)14-24)15-32(28,29)17-10-8-16(9-11-17)23-30-21(4,5)22(6,7)31-23;19-16-6-8-17(9-7-16)25(23,24)14-21-11-10-20(13-18(21)22)12-15-4-2-1-3-5-15;1-16(2,3)15(21)18-8-9-19(14(20)10-18)11-24(22,23)13-6-4-12(17)5-7-13;1-16(2,3)15(21)17-8-9-18(14(20)10-17)11-24(22,23)13-6-4-12(19)5-7-13;12-9-1-3-10(4-2-9)18(16,17)8-14-6-5-13-7-11(14)15;7-5-1-3-6(4-2-5)10(8)9/h8-11H,12-15H2,1-7H3;1-9H,10-14H2;4-7H,8-11H2,1-3H3;4-7,19H,8-11H2,1-3H3;1-4,13H,5-8H2;1-4H,(H,8,9). The molecule has 0 radical (unpaired) electrons. The van der Waals surface area contributed by atoms with E-state index < -0.39 is 107 Å². The fourth-order valence-electron chi connectivity index (χ4n) is 13.5.